The quantitative estimate of drug-likeness (QED) is 0.815. The average molecular weight is 220 g/mol. The standard InChI is InChI=1S/C11H16N4O/c1-4-16-11(2,3)8-14-10-13-6-5-9(7-12)15-10/h5-6H,4,8H2,1-3H3,(H,13,14,15). The zero-order chi connectivity index (χ0) is 12.0. The maximum Gasteiger partial charge on any atom is 0.223 e. The van der Waals surface area contributed by atoms with Crippen molar-refractivity contribution in [1.82, 2.24) is 9.97 Å². The summed E-state index contributed by atoms with van der Waals surface area (Å²) in [5.74, 6) is 0.451. The van der Waals surface area contributed by atoms with Crippen LogP contribution < -0.4 is 5.32 Å². The van der Waals surface area contributed by atoms with E-state index in [1.165, 1.54) is 0 Å². The summed E-state index contributed by atoms with van der Waals surface area (Å²) in [5, 5.41) is 11.7. The minimum atomic E-state index is -0.277. The smallest absolute Gasteiger partial charge is 0.223 e. The summed E-state index contributed by atoms with van der Waals surface area (Å²) in [7, 11) is 0. The molecule has 0 amide bonds. The Labute approximate surface area is 95.5 Å². The molecule has 0 atom stereocenters. The summed E-state index contributed by atoms with van der Waals surface area (Å²) < 4.78 is 5.52. The van der Waals surface area contributed by atoms with Gasteiger partial charge in [-0.3, -0.25) is 0 Å². The van der Waals surface area contributed by atoms with Crippen LogP contribution in [0, 0.1) is 11.3 Å². The molecule has 1 N–H and O–H groups in total. The molecule has 0 saturated heterocycles. The fourth-order valence-corrected chi connectivity index (χ4v) is 1.24. The summed E-state index contributed by atoms with van der Waals surface area (Å²) in [6, 6.07) is 3.54. The van der Waals surface area contributed by atoms with Crippen LogP contribution in [0.4, 0.5) is 5.95 Å². The maximum atomic E-state index is 8.68. The van der Waals surface area contributed by atoms with Gasteiger partial charge in [0, 0.05) is 19.3 Å². The third-order valence-electron chi connectivity index (χ3n) is 1.98. The summed E-state index contributed by atoms with van der Waals surface area (Å²) in [6.07, 6.45) is 1.56. The third kappa shape index (κ3) is 3.83. The van der Waals surface area contributed by atoms with Crippen LogP contribution >= 0.6 is 0 Å². The first-order valence-electron chi connectivity index (χ1n) is 5.18. The first kappa shape index (κ1) is 12.4. The zero-order valence-corrected chi connectivity index (χ0v) is 9.82. The van der Waals surface area contributed by atoms with Crippen molar-refractivity contribution in [2.75, 3.05) is 18.5 Å². The van der Waals surface area contributed by atoms with E-state index in [0.29, 0.717) is 24.8 Å². The zero-order valence-electron chi connectivity index (χ0n) is 9.82. The fourth-order valence-electron chi connectivity index (χ4n) is 1.24. The second kappa shape index (κ2) is 5.42. The second-order valence-corrected chi connectivity index (χ2v) is 3.92. The van der Waals surface area contributed by atoms with Gasteiger partial charge in [-0.2, -0.15) is 5.26 Å². The minimum absolute atomic E-state index is 0.277. The highest BCUT2D eigenvalue weighted by Crippen LogP contribution is 2.09. The van der Waals surface area contributed by atoms with E-state index >= 15 is 0 Å². The number of ether oxygens (including phenoxy) is 1. The number of aromatic nitrogens is 2. The van der Waals surface area contributed by atoms with E-state index < -0.39 is 0 Å². The van der Waals surface area contributed by atoms with Crippen molar-refractivity contribution in [3.05, 3.63) is 18.0 Å². The normalized spacial score (nSPS) is 10.9. The molecule has 0 aromatic carbocycles. The largest absolute Gasteiger partial charge is 0.374 e. The van der Waals surface area contributed by atoms with Crippen molar-refractivity contribution < 1.29 is 4.74 Å². The molecule has 5 heteroatoms. The molecular formula is C11H16N4O. The van der Waals surface area contributed by atoms with Crippen molar-refractivity contribution in [2.45, 2.75) is 26.4 Å². The van der Waals surface area contributed by atoms with Crippen molar-refractivity contribution in [3.8, 4) is 6.07 Å². The van der Waals surface area contributed by atoms with Gasteiger partial charge in [0.15, 0.2) is 0 Å². The van der Waals surface area contributed by atoms with E-state index in [4.69, 9.17) is 10.00 Å². The predicted molar refractivity (Wildman–Crippen MR) is 60.9 cm³/mol. The monoisotopic (exact) mass is 220 g/mol. The molecule has 0 radical (unpaired) electrons. The maximum absolute atomic E-state index is 8.68. The summed E-state index contributed by atoms with van der Waals surface area (Å²) >= 11 is 0. The fraction of sp³-hybridized carbons (Fsp3) is 0.545. The number of rotatable bonds is 5. The lowest BCUT2D eigenvalue weighted by atomic mass is 10.1. The van der Waals surface area contributed by atoms with E-state index in [-0.39, 0.29) is 5.60 Å². The molecular weight excluding hydrogens is 204 g/mol. The first-order valence-corrected chi connectivity index (χ1v) is 5.18. The lowest BCUT2D eigenvalue weighted by molar-refractivity contribution is 0.000581. The molecule has 0 fully saturated rings. The Bertz CT molecular complexity index is 384. The van der Waals surface area contributed by atoms with Gasteiger partial charge in [-0.1, -0.05) is 0 Å². The molecule has 1 heterocycles. The highest BCUT2D eigenvalue weighted by Gasteiger charge is 2.17. The summed E-state index contributed by atoms with van der Waals surface area (Å²) in [6.45, 7) is 7.17. The van der Waals surface area contributed by atoms with Crippen LogP contribution in [-0.2, 0) is 4.74 Å². The lowest BCUT2D eigenvalue weighted by Gasteiger charge is -2.24. The molecule has 0 spiro atoms. The van der Waals surface area contributed by atoms with E-state index in [0.717, 1.165) is 0 Å². The van der Waals surface area contributed by atoms with Crippen molar-refractivity contribution in [1.29, 1.82) is 5.26 Å². The number of anilines is 1. The van der Waals surface area contributed by atoms with Gasteiger partial charge >= 0.3 is 0 Å². The van der Waals surface area contributed by atoms with Crippen molar-refractivity contribution in [3.63, 3.8) is 0 Å². The second-order valence-electron chi connectivity index (χ2n) is 3.92. The Balaban J connectivity index is 2.58. The Morgan fingerprint density at radius 3 is 2.94 bits per heavy atom. The molecule has 1 aromatic heterocycles. The van der Waals surface area contributed by atoms with E-state index in [2.05, 4.69) is 15.3 Å². The van der Waals surface area contributed by atoms with Crippen molar-refractivity contribution in [2.24, 2.45) is 0 Å². The van der Waals surface area contributed by atoms with Crippen LogP contribution in [0.25, 0.3) is 0 Å². The lowest BCUT2D eigenvalue weighted by Crippen LogP contribution is -2.33. The van der Waals surface area contributed by atoms with Gasteiger partial charge in [0.2, 0.25) is 5.95 Å². The first-order chi connectivity index (χ1) is 7.57. The van der Waals surface area contributed by atoms with E-state index in [1.807, 2.05) is 26.8 Å². The number of nitrogens with zero attached hydrogens (tertiary/aromatic N) is 3. The Morgan fingerprint density at radius 2 is 2.31 bits per heavy atom. The van der Waals surface area contributed by atoms with Crippen LogP contribution in [0.15, 0.2) is 12.3 Å². The molecule has 1 aromatic rings. The molecule has 0 aliphatic heterocycles. The molecule has 86 valence electrons. The highest BCUT2D eigenvalue weighted by atomic mass is 16.5. The van der Waals surface area contributed by atoms with Gasteiger partial charge in [0.25, 0.3) is 0 Å². The van der Waals surface area contributed by atoms with Gasteiger partial charge < -0.3 is 10.1 Å². The average Bonchev–Trinajstić information content (AvgIpc) is 2.27. The van der Waals surface area contributed by atoms with Gasteiger partial charge in [-0.15, -0.1) is 0 Å². The molecule has 0 aliphatic rings. The van der Waals surface area contributed by atoms with Gasteiger partial charge in [-0.25, -0.2) is 9.97 Å². The highest BCUT2D eigenvalue weighted by molar-refractivity contribution is 5.30. The molecule has 5 nitrogen and oxygen atoms in total. The molecule has 16 heavy (non-hydrogen) atoms. The van der Waals surface area contributed by atoms with Crippen LogP contribution in [0.5, 0.6) is 0 Å². The summed E-state index contributed by atoms with van der Waals surface area (Å²) in [4.78, 5) is 8.04. The predicted octanol–water partition coefficient (Wildman–Crippen LogP) is 1.58. The van der Waals surface area contributed by atoms with E-state index in [1.54, 1.807) is 12.3 Å². The Morgan fingerprint density at radius 1 is 1.56 bits per heavy atom. The van der Waals surface area contributed by atoms with Crippen LogP contribution in [-0.4, -0.2) is 28.7 Å². The Kier molecular flexibility index (Phi) is 4.20. The minimum Gasteiger partial charge on any atom is -0.374 e. The number of nitrogens with one attached hydrogen (secondary N) is 1. The molecule has 0 bridgehead atoms. The van der Waals surface area contributed by atoms with E-state index in [9.17, 15) is 0 Å². The number of hydrogen-bond acceptors (Lipinski definition) is 5. The van der Waals surface area contributed by atoms with Crippen LogP contribution in [0.2, 0.25) is 0 Å². The Hall–Kier alpha value is -1.67. The SMILES string of the molecule is CCOC(C)(C)CNc1nccc(C#N)n1. The third-order valence-corrected chi connectivity index (χ3v) is 1.98. The van der Waals surface area contributed by atoms with Crippen LogP contribution in [0.1, 0.15) is 26.5 Å². The number of hydrogen-bond donors (Lipinski definition) is 1. The van der Waals surface area contributed by atoms with Crippen molar-refractivity contribution >= 4 is 5.95 Å². The molecule has 0 unspecified atom stereocenters. The topological polar surface area (TPSA) is 70.8 Å². The van der Waals surface area contributed by atoms with Gasteiger partial charge in [0.05, 0.1) is 5.60 Å². The van der Waals surface area contributed by atoms with Crippen LogP contribution in [0.3, 0.4) is 0 Å². The molecule has 0 aliphatic carbocycles. The molecule has 1 rings (SSSR count). The summed E-state index contributed by atoms with van der Waals surface area (Å²) in [5.41, 5.74) is 0.0764. The van der Waals surface area contributed by atoms with Gasteiger partial charge in [-0.05, 0) is 26.8 Å². The number of nitriles is 1. The van der Waals surface area contributed by atoms with Gasteiger partial charge in [0.1, 0.15) is 11.8 Å². The molecule has 0 saturated carbocycles.